The van der Waals surface area contributed by atoms with E-state index in [-0.39, 0.29) is 0 Å². The highest BCUT2D eigenvalue weighted by Crippen LogP contribution is 2.28. The van der Waals surface area contributed by atoms with Gasteiger partial charge in [-0.1, -0.05) is 41.9 Å². The van der Waals surface area contributed by atoms with Crippen LogP contribution in [0.15, 0.2) is 0 Å². The highest BCUT2D eigenvalue weighted by molar-refractivity contribution is 14.1. The molecule has 88 valence electrons. The summed E-state index contributed by atoms with van der Waals surface area (Å²) in [4.78, 5) is 0. The van der Waals surface area contributed by atoms with Gasteiger partial charge in [-0.3, -0.25) is 0 Å². The molecule has 1 aliphatic heterocycles. The van der Waals surface area contributed by atoms with Gasteiger partial charge in [0, 0.05) is 17.1 Å². The van der Waals surface area contributed by atoms with Crippen molar-refractivity contribution in [3.63, 3.8) is 0 Å². The maximum atomic E-state index is 6.24. The van der Waals surface area contributed by atoms with E-state index < -0.39 is 0 Å². The van der Waals surface area contributed by atoms with E-state index in [4.69, 9.17) is 9.47 Å². The van der Waals surface area contributed by atoms with Gasteiger partial charge in [-0.15, -0.1) is 0 Å². The zero-order valence-corrected chi connectivity index (χ0v) is 11.4. The molecule has 2 aliphatic rings. The molecule has 0 aromatic carbocycles. The SMILES string of the molecule is IC1CCCCCC1OC1CCOCC1. The molecule has 2 rings (SSSR count). The molecule has 1 saturated carbocycles. The Kier molecular flexibility index (Phi) is 5.17. The molecule has 2 nitrogen and oxygen atoms in total. The molecule has 0 bridgehead atoms. The number of hydrogen-bond donors (Lipinski definition) is 0. The maximum Gasteiger partial charge on any atom is 0.0696 e. The van der Waals surface area contributed by atoms with Crippen molar-refractivity contribution in [2.24, 2.45) is 0 Å². The number of rotatable bonds is 2. The van der Waals surface area contributed by atoms with Crippen LogP contribution in [0.25, 0.3) is 0 Å². The Bertz CT molecular complexity index is 180. The van der Waals surface area contributed by atoms with Crippen molar-refractivity contribution in [2.75, 3.05) is 13.2 Å². The summed E-state index contributed by atoms with van der Waals surface area (Å²) in [6, 6.07) is 0. The fourth-order valence-corrected chi connectivity index (χ4v) is 3.41. The lowest BCUT2D eigenvalue weighted by molar-refractivity contribution is -0.0686. The first-order valence-corrected chi connectivity index (χ1v) is 7.48. The van der Waals surface area contributed by atoms with Gasteiger partial charge in [-0.25, -0.2) is 0 Å². The topological polar surface area (TPSA) is 18.5 Å². The van der Waals surface area contributed by atoms with Crippen LogP contribution in [-0.2, 0) is 9.47 Å². The van der Waals surface area contributed by atoms with E-state index >= 15 is 0 Å². The third kappa shape index (κ3) is 3.86. The van der Waals surface area contributed by atoms with Crippen LogP contribution in [-0.4, -0.2) is 29.3 Å². The molecule has 2 atom stereocenters. The van der Waals surface area contributed by atoms with Gasteiger partial charge >= 0.3 is 0 Å². The molecule has 0 amide bonds. The smallest absolute Gasteiger partial charge is 0.0696 e. The lowest BCUT2D eigenvalue weighted by atomic mass is 10.1. The summed E-state index contributed by atoms with van der Waals surface area (Å²) >= 11 is 2.58. The lowest BCUT2D eigenvalue weighted by Crippen LogP contribution is -2.32. The van der Waals surface area contributed by atoms with Crippen LogP contribution in [0, 0.1) is 0 Å². The van der Waals surface area contributed by atoms with Crippen molar-refractivity contribution in [3.05, 3.63) is 0 Å². The minimum absolute atomic E-state index is 0.471. The average Bonchev–Trinajstić information content (AvgIpc) is 2.46. The van der Waals surface area contributed by atoms with Gasteiger partial charge < -0.3 is 9.47 Å². The van der Waals surface area contributed by atoms with E-state index in [0.29, 0.717) is 12.2 Å². The summed E-state index contributed by atoms with van der Waals surface area (Å²) < 4.78 is 12.3. The number of ether oxygens (including phenoxy) is 2. The summed E-state index contributed by atoms with van der Waals surface area (Å²) in [5.41, 5.74) is 0. The van der Waals surface area contributed by atoms with Gasteiger partial charge in [0.2, 0.25) is 0 Å². The summed E-state index contributed by atoms with van der Waals surface area (Å²) in [5.74, 6) is 0. The monoisotopic (exact) mass is 324 g/mol. The van der Waals surface area contributed by atoms with Crippen molar-refractivity contribution in [3.8, 4) is 0 Å². The molecule has 1 heterocycles. The number of halogens is 1. The van der Waals surface area contributed by atoms with Crippen molar-refractivity contribution in [1.82, 2.24) is 0 Å². The van der Waals surface area contributed by atoms with E-state index in [2.05, 4.69) is 22.6 Å². The molecule has 0 aromatic rings. The molecular formula is C12H21IO2. The van der Waals surface area contributed by atoms with Gasteiger partial charge in [0.05, 0.1) is 12.2 Å². The number of hydrogen-bond acceptors (Lipinski definition) is 2. The van der Waals surface area contributed by atoms with Gasteiger partial charge in [-0.2, -0.15) is 0 Å². The Morgan fingerprint density at radius 1 is 0.933 bits per heavy atom. The van der Waals surface area contributed by atoms with Crippen LogP contribution < -0.4 is 0 Å². The Hall–Kier alpha value is 0.650. The van der Waals surface area contributed by atoms with Crippen LogP contribution in [0.1, 0.15) is 44.9 Å². The second kappa shape index (κ2) is 6.40. The quantitative estimate of drug-likeness (QED) is 0.441. The van der Waals surface area contributed by atoms with E-state index in [1.165, 1.54) is 32.1 Å². The molecule has 1 aliphatic carbocycles. The van der Waals surface area contributed by atoms with Gasteiger partial charge in [0.25, 0.3) is 0 Å². The number of alkyl halides is 1. The summed E-state index contributed by atoms with van der Waals surface area (Å²) in [6.45, 7) is 1.78. The molecule has 2 unspecified atom stereocenters. The van der Waals surface area contributed by atoms with Crippen molar-refractivity contribution in [2.45, 2.75) is 61.1 Å². The van der Waals surface area contributed by atoms with E-state index in [9.17, 15) is 0 Å². The minimum atomic E-state index is 0.471. The molecule has 15 heavy (non-hydrogen) atoms. The predicted molar refractivity (Wildman–Crippen MR) is 69.6 cm³/mol. The standard InChI is InChI=1S/C12H21IO2/c13-11-4-2-1-3-5-12(11)15-10-6-8-14-9-7-10/h10-12H,1-9H2. The fraction of sp³-hybridized carbons (Fsp3) is 1.00. The Morgan fingerprint density at radius 2 is 1.67 bits per heavy atom. The van der Waals surface area contributed by atoms with E-state index in [1.54, 1.807) is 0 Å². The molecule has 0 radical (unpaired) electrons. The zero-order valence-electron chi connectivity index (χ0n) is 9.29. The molecule has 1 saturated heterocycles. The Morgan fingerprint density at radius 3 is 2.47 bits per heavy atom. The molecular weight excluding hydrogens is 303 g/mol. The zero-order chi connectivity index (χ0) is 10.5. The van der Waals surface area contributed by atoms with Gasteiger partial charge in [0.1, 0.15) is 0 Å². The molecule has 3 heteroatoms. The molecule has 0 aromatic heterocycles. The summed E-state index contributed by atoms with van der Waals surface area (Å²) in [7, 11) is 0. The molecule has 0 N–H and O–H groups in total. The largest absolute Gasteiger partial charge is 0.381 e. The summed E-state index contributed by atoms with van der Waals surface area (Å²) in [5, 5.41) is 0. The van der Waals surface area contributed by atoms with Crippen molar-refractivity contribution in [1.29, 1.82) is 0 Å². The van der Waals surface area contributed by atoms with Crippen LogP contribution in [0.4, 0.5) is 0 Å². The average molecular weight is 324 g/mol. The van der Waals surface area contributed by atoms with Crippen molar-refractivity contribution < 1.29 is 9.47 Å². The normalized spacial score (nSPS) is 35.0. The van der Waals surface area contributed by atoms with Crippen molar-refractivity contribution >= 4 is 22.6 Å². The third-order valence-corrected chi connectivity index (χ3v) is 4.83. The molecule has 2 fully saturated rings. The summed E-state index contributed by atoms with van der Waals surface area (Å²) in [6.07, 6.45) is 9.93. The first-order chi connectivity index (χ1) is 7.36. The fourth-order valence-electron chi connectivity index (χ4n) is 2.44. The molecule has 0 spiro atoms. The van der Waals surface area contributed by atoms with Gasteiger partial charge in [-0.05, 0) is 25.7 Å². The minimum Gasteiger partial charge on any atom is -0.381 e. The first kappa shape index (κ1) is 12.1. The second-order valence-electron chi connectivity index (χ2n) is 4.64. The van der Waals surface area contributed by atoms with Crippen LogP contribution in [0.5, 0.6) is 0 Å². The second-order valence-corrected chi connectivity index (χ2v) is 6.24. The van der Waals surface area contributed by atoms with Crippen LogP contribution in [0.2, 0.25) is 0 Å². The highest BCUT2D eigenvalue weighted by atomic mass is 127. The van der Waals surface area contributed by atoms with E-state index in [0.717, 1.165) is 30.0 Å². The predicted octanol–water partition coefficient (Wildman–Crippen LogP) is 3.32. The highest BCUT2D eigenvalue weighted by Gasteiger charge is 2.25. The Labute approximate surface area is 106 Å². The maximum absolute atomic E-state index is 6.24. The third-order valence-electron chi connectivity index (χ3n) is 3.41. The first-order valence-electron chi connectivity index (χ1n) is 6.23. The van der Waals surface area contributed by atoms with Crippen LogP contribution >= 0.6 is 22.6 Å². The van der Waals surface area contributed by atoms with Gasteiger partial charge in [0.15, 0.2) is 0 Å². The van der Waals surface area contributed by atoms with Crippen LogP contribution in [0.3, 0.4) is 0 Å². The lowest BCUT2D eigenvalue weighted by Gasteiger charge is -2.29. The Balaban J connectivity index is 1.79. The van der Waals surface area contributed by atoms with E-state index in [1.807, 2.05) is 0 Å².